The maximum atomic E-state index is 9.06. The number of aliphatic hydroxyl groups excluding tert-OH is 1. The Hall–Kier alpha value is -0.610. The summed E-state index contributed by atoms with van der Waals surface area (Å²) in [5.41, 5.74) is 0.915. The molecule has 0 saturated carbocycles. The lowest BCUT2D eigenvalue weighted by atomic mass is 10.0. The molecule has 1 saturated heterocycles. The second-order valence-corrected chi connectivity index (χ2v) is 5.04. The van der Waals surface area contributed by atoms with E-state index in [2.05, 4.69) is 0 Å². The van der Waals surface area contributed by atoms with E-state index >= 15 is 0 Å². The number of hydrogen-bond donors (Lipinski definition) is 1. The molecule has 2 atom stereocenters. The zero-order chi connectivity index (χ0) is 12.5. The van der Waals surface area contributed by atoms with E-state index in [0.717, 1.165) is 5.56 Å². The van der Waals surface area contributed by atoms with Crippen LogP contribution in [0, 0.1) is 0 Å². The number of ether oxygens (including phenoxy) is 2. The third kappa shape index (κ3) is 2.80. The van der Waals surface area contributed by atoms with Crippen LogP contribution in [0.1, 0.15) is 31.9 Å². The average molecular weight is 257 g/mol. The standard InChI is InChI=1S/C13H17ClO3/c1-13(2)16-11(7-8-15)12(17-13)9-5-3-4-6-10(9)14/h3-6,11-12,15H,7-8H2,1-2H3. The van der Waals surface area contributed by atoms with Gasteiger partial charge in [-0.1, -0.05) is 29.8 Å². The molecule has 1 aromatic carbocycles. The van der Waals surface area contributed by atoms with Gasteiger partial charge in [-0.25, -0.2) is 0 Å². The number of aliphatic hydroxyl groups is 1. The van der Waals surface area contributed by atoms with Crippen LogP contribution in [0.25, 0.3) is 0 Å². The van der Waals surface area contributed by atoms with Crippen molar-refractivity contribution in [1.29, 1.82) is 0 Å². The Balaban J connectivity index is 2.27. The highest BCUT2D eigenvalue weighted by molar-refractivity contribution is 6.31. The first-order valence-electron chi connectivity index (χ1n) is 5.74. The molecule has 0 aromatic heterocycles. The van der Waals surface area contributed by atoms with Gasteiger partial charge in [0.1, 0.15) is 6.10 Å². The minimum absolute atomic E-state index is 0.0745. The van der Waals surface area contributed by atoms with E-state index in [-0.39, 0.29) is 18.8 Å². The summed E-state index contributed by atoms with van der Waals surface area (Å²) in [4.78, 5) is 0. The van der Waals surface area contributed by atoms with Gasteiger partial charge in [0.2, 0.25) is 0 Å². The summed E-state index contributed by atoms with van der Waals surface area (Å²) >= 11 is 6.16. The highest BCUT2D eigenvalue weighted by Crippen LogP contribution is 2.41. The monoisotopic (exact) mass is 256 g/mol. The summed E-state index contributed by atoms with van der Waals surface area (Å²) < 4.78 is 11.6. The average Bonchev–Trinajstić information content (AvgIpc) is 2.55. The predicted molar refractivity (Wildman–Crippen MR) is 65.9 cm³/mol. The molecule has 94 valence electrons. The van der Waals surface area contributed by atoms with Crippen LogP contribution in [0.3, 0.4) is 0 Å². The van der Waals surface area contributed by atoms with E-state index in [4.69, 9.17) is 26.2 Å². The summed E-state index contributed by atoms with van der Waals surface area (Å²) in [5, 5.41) is 9.73. The molecule has 1 fully saturated rings. The Bertz CT molecular complexity index is 392. The van der Waals surface area contributed by atoms with Gasteiger partial charge in [-0.05, 0) is 26.3 Å². The van der Waals surface area contributed by atoms with Crippen LogP contribution >= 0.6 is 11.6 Å². The first-order valence-corrected chi connectivity index (χ1v) is 6.12. The molecule has 3 nitrogen and oxygen atoms in total. The summed E-state index contributed by atoms with van der Waals surface area (Å²) in [6.45, 7) is 3.81. The Morgan fingerprint density at radius 2 is 2.00 bits per heavy atom. The Morgan fingerprint density at radius 3 is 2.65 bits per heavy atom. The molecule has 1 aromatic rings. The highest BCUT2D eigenvalue weighted by Gasteiger charge is 2.42. The van der Waals surface area contributed by atoms with Crippen molar-refractivity contribution in [2.24, 2.45) is 0 Å². The van der Waals surface area contributed by atoms with Crippen molar-refractivity contribution in [2.45, 2.75) is 38.3 Å². The second-order valence-electron chi connectivity index (χ2n) is 4.63. The van der Waals surface area contributed by atoms with E-state index in [1.807, 2.05) is 38.1 Å². The zero-order valence-corrected chi connectivity index (χ0v) is 10.8. The van der Waals surface area contributed by atoms with E-state index in [1.165, 1.54) is 0 Å². The fraction of sp³-hybridized carbons (Fsp3) is 0.538. The van der Waals surface area contributed by atoms with Crippen molar-refractivity contribution in [3.8, 4) is 0 Å². The van der Waals surface area contributed by atoms with E-state index in [9.17, 15) is 0 Å². The Morgan fingerprint density at radius 1 is 1.29 bits per heavy atom. The van der Waals surface area contributed by atoms with Crippen molar-refractivity contribution in [3.63, 3.8) is 0 Å². The lowest BCUT2D eigenvalue weighted by Crippen LogP contribution is -2.21. The lowest BCUT2D eigenvalue weighted by molar-refractivity contribution is -0.147. The van der Waals surface area contributed by atoms with Crippen LogP contribution in [-0.2, 0) is 9.47 Å². The van der Waals surface area contributed by atoms with Crippen molar-refractivity contribution in [1.82, 2.24) is 0 Å². The quantitative estimate of drug-likeness (QED) is 0.904. The molecule has 0 aliphatic carbocycles. The van der Waals surface area contributed by atoms with E-state index in [0.29, 0.717) is 11.4 Å². The molecule has 0 bridgehead atoms. The first kappa shape index (κ1) is 12.8. The number of hydrogen-bond acceptors (Lipinski definition) is 3. The van der Waals surface area contributed by atoms with Crippen LogP contribution in [0.15, 0.2) is 24.3 Å². The van der Waals surface area contributed by atoms with Crippen LogP contribution in [-0.4, -0.2) is 23.6 Å². The third-order valence-electron chi connectivity index (χ3n) is 2.81. The molecule has 4 heteroatoms. The summed E-state index contributed by atoms with van der Waals surface area (Å²) in [5.74, 6) is -0.635. The molecule has 1 N–H and O–H groups in total. The fourth-order valence-electron chi connectivity index (χ4n) is 2.14. The molecule has 2 rings (SSSR count). The van der Waals surface area contributed by atoms with Gasteiger partial charge in [0.25, 0.3) is 0 Å². The minimum Gasteiger partial charge on any atom is -0.396 e. The van der Waals surface area contributed by atoms with Crippen molar-refractivity contribution in [3.05, 3.63) is 34.9 Å². The number of halogens is 1. The van der Waals surface area contributed by atoms with Gasteiger partial charge in [0, 0.05) is 17.2 Å². The molecule has 2 unspecified atom stereocenters. The molecule has 1 aliphatic heterocycles. The maximum absolute atomic E-state index is 9.06. The minimum atomic E-state index is -0.635. The molecule has 0 spiro atoms. The van der Waals surface area contributed by atoms with Gasteiger partial charge in [-0.15, -0.1) is 0 Å². The SMILES string of the molecule is CC1(C)OC(CCO)C(c2ccccc2Cl)O1. The van der Waals surface area contributed by atoms with Crippen LogP contribution in [0.2, 0.25) is 5.02 Å². The van der Waals surface area contributed by atoms with Crippen molar-refractivity contribution < 1.29 is 14.6 Å². The summed E-state index contributed by atoms with van der Waals surface area (Å²) in [6, 6.07) is 7.57. The van der Waals surface area contributed by atoms with Gasteiger partial charge in [0.05, 0.1) is 6.10 Å². The summed E-state index contributed by atoms with van der Waals surface area (Å²) in [6.07, 6.45) is 0.167. The van der Waals surface area contributed by atoms with Crippen LogP contribution in [0.5, 0.6) is 0 Å². The molecular formula is C13H17ClO3. The van der Waals surface area contributed by atoms with Crippen LogP contribution < -0.4 is 0 Å². The summed E-state index contributed by atoms with van der Waals surface area (Å²) in [7, 11) is 0. The predicted octanol–water partition coefficient (Wildman–Crippen LogP) is 2.92. The second kappa shape index (κ2) is 4.94. The topological polar surface area (TPSA) is 38.7 Å². The number of benzene rings is 1. The van der Waals surface area contributed by atoms with Crippen molar-refractivity contribution in [2.75, 3.05) is 6.61 Å². The molecule has 0 radical (unpaired) electrons. The van der Waals surface area contributed by atoms with Gasteiger partial charge in [-0.2, -0.15) is 0 Å². The fourth-order valence-corrected chi connectivity index (χ4v) is 2.39. The zero-order valence-electron chi connectivity index (χ0n) is 10.0. The molecule has 1 aliphatic rings. The Labute approximate surface area is 106 Å². The molecule has 17 heavy (non-hydrogen) atoms. The third-order valence-corrected chi connectivity index (χ3v) is 3.15. The molecule has 1 heterocycles. The largest absolute Gasteiger partial charge is 0.396 e. The first-order chi connectivity index (χ1) is 8.03. The van der Waals surface area contributed by atoms with Gasteiger partial charge >= 0.3 is 0 Å². The van der Waals surface area contributed by atoms with E-state index in [1.54, 1.807) is 0 Å². The van der Waals surface area contributed by atoms with Crippen LogP contribution in [0.4, 0.5) is 0 Å². The molecule has 0 amide bonds. The van der Waals surface area contributed by atoms with Gasteiger partial charge in [0.15, 0.2) is 5.79 Å². The van der Waals surface area contributed by atoms with Gasteiger partial charge in [-0.3, -0.25) is 0 Å². The smallest absolute Gasteiger partial charge is 0.164 e. The van der Waals surface area contributed by atoms with E-state index < -0.39 is 5.79 Å². The Kier molecular flexibility index (Phi) is 3.73. The lowest BCUT2D eigenvalue weighted by Gasteiger charge is -2.17. The highest BCUT2D eigenvalue weighted by atomic mass is 35.5. The normalized spacial score (nSPS) is 27.3. The number of rotatable bonds is 3. The van der Waals surface area contributed by atoms with Crippen molar-refractivity contribution >= 4 is 11.6 Å². The molecular weight excluding hydrogens is 240 g/mol. The van der Waals surface area contributed by atoms with Gasteiger partial charge < -0.3 is 14.6 Å². The maximum Gasteiger partial charge on any atom is 0.164 e.